The molecule has 1 unspecified atom stereocenters. The number of amides is 2. The molecule has 4 rings (SSSR count). The minimum absolute atomic E-state index is 0.000195. The average Bonchev–Trinajstić information content (AvgIpc) is 3.04. The molecule has 164 valence electrons. The largest absolute Gasteiger partial charge is 0.416 e. The van der Waals surface area contributed by atoms with Crippen LogP contribution in [0.1, 0.15) is 65.2 Å². The first-order valence-electron chi connectivity index (χ1n) is 10.7. The van der Waals surface area contributed by atoms with Crippen LogP contribution in [0.15, 0.2) is 48.5 Å². The van der Waals surface area contributed by atoms with Crippen molar-refractivity contribution in [1.82, 2.24) is 10.2 Å². The highest BCUT2D eigenvalue weighted by Gasteiger charge is 2.42. The Morgan fingerprint density at radius 3 is 2.42 bits per heavy atom. The van der Waals surface area contributed by atoms with Crippen LogP contribution in [0.5, 0.6) is 0 Å². The smallest absolute Gasteiger partial charge is 0.350 e. The second-order valence-electron chi connectivity index (χ2n) is 8.32. The summed E-state index contributed by atoms with van der Waals surface area (Å²) in [5.41, 5.74) is 0.344. The molecule has 1 N–H and O–H groups in total. The molecule has 1 atom stereocenters. The zero-order valence-electron chi connectivity index (χ0n) is 17.1. The van der Waals surface area contributed by atoms with Crippen molar-refractivity contribution in [3.05, 3.63) is 70.8 Å². The second kappa shape index (κ2) is 8.73. The predicted octanol–water partition coefficient (Wildman–Crippen LogP) is 5.10. The molecule has 0 spiro atoms. The van der Waals surface area contributed by atoms with Crippen molar-refractivity contribution in [2.45, 2.75) is 50.9 Å². The Balaban J connectivity index is 1.55. The van der Waals surface area contributed by atoms with Crippen molar-refractivity contribution >= 4 is 11.8 Å². The fourth-order valence-corrected chi connectivity index (χ4v) is 4.72. The van der Waals surface area contributed by atoms with Gasteiger partial charge < -0.3 is 10.2 Å². The van der Waals surface area contributed by atoms with Gasteiger partial charge in [0.15, 0.2) is 0 Å². The minimum atomic E-state index is -4.50. The molecule has 2 aromatic rings. The maximum Gasteiger partial charge on any atom is 0.416 e. The topological polar surface area (TPSA) is 49.4 Å². The summed E-state index contributed by atoms with van der Waals surface area (Å²) in [7, 11) is 0. The second-order valence-corrected chi connectivity index (χ2v) is 8.32. The standard InChI is InChI=1S/C24H25F3N2O2/c25-24(26,27)20-13-7-4-10-17(20)14-28-22(30)21-18-11-5-6-12-19(18)23(31)29(21)15-16-8-2-1-3-9-16/h4-7,10-13,16,21H,1-3,8-9,14-15H2,(H,28,30). The van der Waals surface area contributed by atoms with Crippen LogP contribution >= 0.6 is 0 Å². The fourth-order valence-electron chi connectivity index (χ4n) is 4.72. The zero-order chi connectivity index (χ0) is 22.0. The van der Waals surface area contributed by atoms with Crippen LogP contribution < -0.4 is 5.32 Å². The normalized spacial score (nSPS) is 19.4. The van der Waals surface area contributed by atoms with Gasteiger partial charge >= 0.3 is 6.18 Å². The summed E-state index contributed by atoms with van der Waals surface area (Å²) in [6, 6.07) is 11.4. The molecule has 0 saturated heterocycles. The van der Waals surface area contributed by atoms with E-state index in [4.69, 9.17) is 0 Å². The number of carbonyl (C=O) groups is 2. The van der Waals surface area contributed by atoms with Gasteiger partial charge in [0.1, 0.15) is 6.04 Å². The average molecular weight is 430 g/mol. The number of nitrogens with one attached hydrogen (secondary N) is 1. The SMILES string of the molecule is O=C(NCc1ccccc1C(F)(F)F)C1c2ccccc2C(=O)N1CC1CCCCC1. The van der Waals surface area contributed by atoms with Crippen LogP contribution in [-0.2, 0) is 17.5 Å². The van der Waals surface area contributed by atoms with Gasteiger partial charge in [0.2, 0.25) is 5.91 Å². The van der Waals surface area contributed by atoms with Gasteiger partial charge in [-0.25, -0.2) is 0 Å². The molecule has 1 aliphatic heterocycles. The number of nitrogens with zero attached hydrogens (tertiary/aromatic N) is 1. The summed E-state index contributed by atoms with van der Waals surface area (Å²) >= 11 is 0. The minimum Gasteiger partial charge on any atom is -0.350 e. The Bertz CT molecular complexity index is 967. The Morgan fingerprint density at radius 2 is 1.68 bits per heavy atom. The van der Waals surface area contributed by atoms with Crippen LogP contribution in [-0.4, -0.2) is 23.3 Å². The summed E-state index contributed by atoms with van der Waals surface area (Å²) in [5.74, 6) is -0.295. The lowest BCUT2D eigenvalue weighted by Gasteiger charge is -2.30. The van der Waals surface area contributed by atoms with Crippen molar-refractivity contribution in [2.24, 2.45) is 5.92 Å². The van der Waals surface area contributed by atoms with Crippen molar-refractivity contribution in [3.8, 4) is 0 Å². The summed E-state index contributed by atoms with van der Waals surface area (Å²) < 4.78 is 39.8. The molecule has 1 aliphatic carbocycles. The van der Waals surface area contributed by atoms with E-state index in [2.05, 4.69) is 5.32 Å². The Labute approximate surface area is 179 Å². The van der Waals surface area contributed by atoms with Crippen LogP contribution in [0.25, 0.3) is 0 Å². The van der Waals surface area contributed by atoms with Crippen LogP contribution in [0, 0.1) is 5.92 Å². The number of hydrogen-bond donors (Lipinski definition) is 1. The molecule has 2 aliphatic rings. The van der Waals surface area contributed by atoms with E-state index in [1.807, 2.05) is 0 Å². The molecular weight excluding hydrogens is 405 g/mol. The Morgan fingerprint density at radius 1 is 1.00 bits per heavy atom. The van der Waals surface area contributed by atoms with E-state index in [-0.39, 0.29) is 18.0 Å². The summed E-state index contributed by atoms with van der Waals surface area (Å²) in [6.07, 6.45) is 0.966. The van der Waals surface area contributed by atoms with Gasteiger partial charge in [-0.2, -0.15) is 13.2 Å². The quantitative estimate of drug-likeness (QED) is 0.718. The van der Waals surface area contributed by atoms with Crippen molar-refractivity contribution < 1.29 is 22.8 Å². The molecule has 2 aromatic carbocycles. The number of hydrogen-bond acceptors (Lipinski definition) is 2. The van der Waals surface area contributed by atoms with E-state index >= 15 is 0 Å². The van der Waals surface area contributed by atoms with E-state index in [1.165, 1.54) is 24.6 Å². The Hall–Kier alpha value is -2.83. The lowest BCUT2D eigenvalue weighted by atomic mass is 9.88. The molecule has 31 heavy (non-hydrogen) atoms. The van der Waals surface area contributed by atoms with E-state index in [9.17, 15) is 22.8 Å². The van der Waals surface area contributed by atoms with Gasteiger partial charge in [0, 0.05) is 18.7 Å². The molecule has 1 heterocycles. The van der Waals surface area contributed by atoms with Crippen molar-refractivity contribution in [2.75, 3.05) is 6.54 Å². The number of benzene rings is 2. The van der Waals surface area contributed by atoms with Gasteiger partial charge in [-0.05, 0) is 42.0 Å². The zero-order valence-corrected chi connectivity index (χ0v) is 17.1. The molecule has 2 amide bonds. The van der Waals surface area contributed by atoms with E-state index in [0.29, 0.717) is 23.6 Å². The number of fused-ring (bicyclic) bond motifs is 1. The lowest BCUT2D eigenvalue weighted by Crippen LogP contribution is -2.41. The molecular formula is C24H25F3N2O2. The van der Waals surface area contributed by atoms with Gasteiger partial charge in [0.25, 0.3) is 5.91 Å². The number of carbonyl (C=O) groups excluding carboxylic acids is 2. The van der Waals surface area contributed by atoms with E-state index < -0.39 is 23.7 Å². The van der Waals surface area contributed by atoms with Gasteiger partial charge in [-0.1, -0.05) is 55.7 Å². The highest BCUT2D eigenvalue weighted by Crippen LogP contribution is 2.37. The molecule has 0 aromatic heterocycles. The first kappa shape index (κ1) is 21.4. The lowest BCUT2D eigenvalue weighted by molar-refractivity contribution is -0.138. The highest BCUT2D eigenvalue weighted by atomic mass is 19.4. The van der Waals surface area contributed by atoms with E-state index in [1.54, 1.807) is 29.2 Å². The Kier molecular flexibility index (Phi) is 6.03. The molecule has 7 heteroatoms. The fraction of sp³-hybridized carbons (Fsp3) is 0.417. The molecule has 1 fully saturated rings. The van der Waals surface area contributed by atoms with Crippen molar-refractivity contribution in [3.63, 3.8) is 0 Å². The third-order valence-corrected chi connectivity index (χ3v) is 6.26. The predicted molar refractivity (Wildman–Crippen MR) is 110 cm³/mol. The number of rotatable bonds is 5. The summed E-state index contributed by atoms with van der Waals surface area (Å²) in [6.45, 7) is 0.239. The highest BCUT2D eigenvalue weighted by molar-refractivity contribution is 6.04. The summed E-state index contributed by atoms with van der Waals surface area (Å²) in [5, 5.41) is 2.65. The van der Waals surface area contributed by atoms with Crippen LogP contribution in [0.4, 0.5) is 13.2 Å². The first-order valence-corrected chi connectivity index (χ1v) is 10.7. The van der Waals surface area contributed by atoms with Crippen LogP contribution in [0.2, 0.25) is 0 Å². The first-order chi connectivity index (χ1) is 14.9. The van der Waals surface area contributed by atoms with E-state index in [0.717, 1.165) is 31.7 Å². The third-order valence-electron chi connectivity index (χ3n) is 6.26. The molecule has 0 bridgehead atoms. The molecule has 0 radical (unpaired) electrons. The molecule has 1 saturated carbocycles. The van der Waals surface area contributed by atoms with Crippen molar-refractivity contribution in [1.29, 1.82) is 0 Å². The van der Waals surface area contributed by atoms with Gasteiger partial charge in [-0.3, -0.25) is 9.59 Å². The van der Waals surface area contributed by atoms with Gasteiger partial charge in [-0.15, -0.1) is 0 Å². The third kappa shape index (κ3) is 4.45. The maximum absolute atomic E-state index is 13.3. The molecule has 4 nitrogen and oxygen atoms in total. The number of alkyl halides is 3. The summed E-state index contributed by atoms with van der Waals surface area (Å²) in [4.78, 5) is 27.8. The van der Waals surface area contributed by atoms with Crippen LogP contribution in [0.3, 0.4) is 0 Å². The number of halogens is 3. The van der Waals surface area contributed by atoms with Gasteiger partial charge in [0.05, 0.1) is 5.56 Å². The monoisotopic (exact) mass is 430 g/mol. The maximum atomic E-state index is 13.3.